The molecule has 1 saturated heterocycles. The molecule has 1 aliphatic heterocycles. The molecule has 0 amide bonds. The number of halogens is 3. The zero-order chi connectivity index (χ0) is 27.1. The molecule has 8 nitrogen and oxygen atoms in total. The summed E-state index contributed by atoms with van der Waals surface area (Å²) in [6, 6.07) is 8.63. The molecule has 2 heterocycles. The van der Waals surface area contributed by atoms with Crippen LogP contribution in [0.2, 0.25) is 0 Å². The topological polar surface area (TPSA) is 80.1 Å². The molecule has 198 valence electrons. The van der Waals surface area contributed by atoms with Crippen LogP contribution in [0.15, 0.2) is 41.2 Å². The number of hydrogen-bond acceptors (Lipinski definition) is 7. The first kappa shape index (κ1) is 26.3. The van der Waals surface area contributed by atoms with Crippen molar-refractivity contribution < 1.29 is 27.8 Å². The minimum absolute atomic E-state index is 0.196. The van der Waals surface area contributed by atoms with Crippen molar-refractivity contribution in [3.05, 3.63) is 57.9 Å². The van der Waals surface area contributed by atoms with Crippen LogP contribution in [-0.4, -0.2) is 62.4 Å². The van der Waals surface area contributed by atoms with Gasteiger partial charge in [-0.1, -0.05) is 0 Å². The van der Waals surface area contributed by atoms with Crippen molar-refractivity contribution in [1.29, 1.82) is 0 Å². The number of nitrogens with zero attached hydrogens (tertiary/aromatic N) is 4. The van der Waals surface area contributed by atoms with E-state index in [4.69, 9.17) is 9.47 Å². The van der Waals surface area contributed by atoms with Crippen molar-refractivity contribution in [2.45, 2.75) is 25.6 Å². The van der Waals surface area contributed by atoms with Gasteiger partial charge in [0.05, 0.1) is 37.3 Å². The SMILES string of the molecule is COc1cc(OC)cc(-c2nn(-c3cc(N4CC[C@H](O)C4)ccc3C(F)(F)F)c(=O)c(N(C)C)c2C)c1. The summed E-state index contributed by atoms with van der Waals surface area (Å²) in [6.07, 6.45) is -4.80. The van der Waals surface area contributed by atoms with Gasteiger partial charge in [0.15, 0.2) is 0 Å². The van der Waals surface area contributed by atoms with Crippen LogP contribution in [0.3, 0.4) is 0 Å². The second kappa shape index (κ2) is 9.97. The minimum Gasteiger partial charge on any atom is -0.497 e. The van der Waals surface area contributed by atoms with E-state index in [1.807, 2.05) is 0 Å². The molecule has 3 aromatic rings. The lowest BCUT2D eigenvalue weighted by molar-refractivity contribution is -0.137. The molecule has 2 aromatic carbocycles. The number of hydrogen-bond donors (Lipinski definition) is 1. The summed E-state index contributed by atoms with van der Waals surface area (Å²) in [7, 11) is 6.27. The molecule has 37 heavy (non-hydrogen) atoms. The van der Waals surface area contributed by atoms with Gasteiger partial charge in [-0.15, -0.1) is 0 Å². The van der Waals surface area contributed by atoms with Gasteiger partial charge in [-0.3, -0.25) is 4.79 Å². The normalized spacial score (nSPS) is 15.7. The van der Waals surface area contributed by atoms with Crippen molar-refractivity contribution in [3.8, 4) is 28.4 Å². The predicted molar refractivity (Wildman–Crippen MR) is 135 cm³/mol. The zero-order valence-corrected chi connectivity index (χ0v) is 21.3. The summed E-state index contributed by atoms with van der Waals surface area (Å²) >= 11 is 0. The standard InChI is InChI=1S/C26H29F3N4O4/c1-15-23(16-10-19(36-4)13-20(11-16)37-5)30-33(25(35)24(15)31(2)3)22-12-17(32-9-8-18(34)14-32)6-7-21(22)26(27,28)29/h6-7,10-13,18,34H,8-9,14H2,1-5H3/t18-/m0/s1. The summed E-state index contributed by atoms with van der Waals surface area (Å²) in [4.78, 5) is 17.0. The maximum absolute atomic E-state index is 14.2. The fourth-order valence-corrected chi connectivity index (χ4v) is 4.61. The average molecular weight is 519 g/mol. The number of ether oxygens (including phenoxy) is 2. The highest BCUT2D eigenvalue weighted by Gasteiger charge is 2.36. The van der Waals surface area contributed by atoms with Crippen LogP contribution >= 0.6 is 0 Å². The Morgan fingerprint density at radius 2 is 1.73 bits per heavy atom. The van der Waals surface area contributed by atoms with E-state index in [-0.39, 0.29) is 5.69 Å². The van der Waals surface area contributed by atoms with E-state index < -0.39 is 29.1 Å². The minimum atomic E-state index is -4.73. The second-order valence-corrected chi connectivity index (χ2v) is 9.12. The van der Waals surface area contributed by atoms with E-state index in [9.17, 15) is 23.1 Å². The molecule has 0 bridgehead atoms. The van der Waals surface area contributed by atoms with Crippen LogP contribution in [0, 0.1) is 6.92 Å². The van der Waals surface area contributed by atoms with Gasteiger partial charge < -0.3 is 24.4 Å². The van der Waals surface area contributed by atoms with Crippen LogP contribution in [0.25, 0.3) is 16.9 Å². The fourth-order valence-electron chi connectivity index (χ4n) is 4.61. The lowest BCUT2D eigenvalue weighted by Gasteiger charge is -2.23. The number of alkyl halides is 3. The largest absolute Gasteiger partial charge is 0.497 e. The first-order valence-electron chi connectivity index (χ1n) is 11.6. The Kier molecular flexibility index (Phi) is 7.09. The van der Waals surface area contributed by atoms with E-state index in [1.54, 1.807) is 49.0 Å². The van der Waals surface area contributed by atoms with Crippen LogP contribution < -0.4 is 24.8 Å². The summed E-state index contributed by atoms with van der Waals surface area (Å²) in [6.45, 7) is 2.47. The number of anilines is 2. The highest BCUT2D eigenvalue weighted by atomic mass is 19.4. The van der Waals surface area contributed by atoms with Gasteiger partial charge in [0, 0.05) is 50.1 Å². The monoisotopic (exact) mass is 518 g/mol. The maximum atomic E-state index is 14.2. The van der Waals surface area contributed by atoms with Gasteiger partial charge in [0.2, 0.25) is 0 Å². The molecule has 1 fully saturated rings. The Labute approximate surface area is 212 Å². The quantitative estimate of drug-likeness (QED) is 0.531. The van der Waals surface area contributed by atoms with E-state index in [0.717, 1.165) is 10.7 Å². The molecule has 1 aliphatic rings. The number of β-amino-alcohol motifs (C(OH)–C–C–N with tert-alkyl or cyclic N) is 1. The highest BCUT2D eigenvalue weighted by molar-refractivity contribution is 5.72. The Bertz CT molecular complexity index is 1350. The molecule has 0 spiro atoms. The molecule has 1 aromatic heterocycles. The molecule has 4 rings (SSSR count). The Morgan fingerprint density at radius 3 is 2.24 bits per heavy atom. The average Bonchev–Trinajstić information content (AvgIpc) is 3.29. The van der Waals surface area contributed by atoms with E-state index in [0.29, 0.717) is 53.5 Å². The summed E-state index contributed by atoms with van der Waals surface area (Å²) in [5.41, 5.74) is -0.108. The van der Waals surface area contributed by atoms with Crippen LogP contribution in [0.4, 0.5) is 24.5 Å². The number of benzene rings is 2. The van der Waals surface area contributed by atoms with Gasteiger partial charge in [0.1, 0.15) is 17.2 Å². The van der Waals surface area contributed by atoms with Crippen LogP contribution in [-0.2, 0) is 6.18 Å². The first-order valence-corrected chi connectivity index (χ1v) is 11.6. The van der Waals surface area contributed by atoms with Gasteiger partial charge in [-0.2, -0.15) is 23.0 Å². The summed E-state index contributed by atoms with van der Waals surface area (Å²) in [5.74, 6) is 0.926. The van der Waals surface area contributed by atoms with Crippen molar-refractivity contribution >= 4 is 11.4 Å². The molecule has 0 radical (unpaired) electrons. The van der Waals surface area contributed by atoms with E-state index >= 15 is 0 Å². The molecule has 11 heteroatoms. The molecular formula is C26H29F3N4O4. The zero-order valence-electron chi connectivity index (χ0n) is 21.3. The van der Waals surface area contributed by atoms with E-state index in [2.05, 4.69) is 5.10 Å². The molecule has 0 unspecified atom stereocenters. The predicted octanol–water partition coefficient (Wildman–Crippen LogP) is 3.88. The van der Waals surface area contributed by atoms with Crippen molar-refractivity contribution in [2.24, 2.45) is 0 Å². The second-order valence-electron chi connectivity index (χ2n) is 9.12. The fraction of sp³-hybridized carbons (Fsp3) is 0.385. The maximum Gasteiger partial charge on any atom is 0.418 e. The van der Waals surface area contributed by atoms with Gasteiger partial charge in [0.25, 0.3) is 5.56 Å². The molecule has 1 N–H and O–H groups in total. The Morgan fingerprint density at radius 1 is 1.08 bits per heavy atom. The van der Waals surface area contributed by atoms with Crippen LogP contribution in [0.5, 0.6) is 11.5 Å². The molecular weight excluding hydrogens is 489 g/mol. The number of aromatic nitrogens is 2. The summed E-state index contributed by atoms with van der Waals surface area (Å²) < 4.78 is 54.0. The summed E-state index contributed by atoms with van der Waals surface area (Å²) in [5, 5.41) is 14.4. The third-order valence-electron chi connectivity index (χ3n) is 6.42. The smallest absolute Gasteiger partial charge is 0.418 e. The number of aliphatic hydroxyl groups excluding tert-OH is 1. The van der Waals surface area contributed by atoms with Crippen molar-refractivity contribution in [2.75, 3.05) is 51.2 Å². The number of aliphatic hydroxyl groups is 1. The van der Waals surface area contributed by atoms with Gasteiger partial charge in [-0.25, -0.2) is 0 Å². The Hall–Kier alpha value is -3.73. The molecule has 1 atom stereocenters. The number of rotatable bonds is 6. The van der Waals surface area contributed by atoms with Crippen LogP contribution in [0.1, 0.15) is 17.5 Å². The van der Waals surface area contributed by atoms with Gasteiger partial charge in [-0.05, 0) is 43.7 Å². The number of methoxy groups -OCH3 is 2. The third-order valence-corrected chi connectivity index (χ3v) is 6.42. The van der Waals surface area contributed by atoms with E-state index in [1.165, 1.54) is 26.4 Å². The van der Waals surface area contributed by atoms with Gasteiger partial charge >= 0.3 is 6.18 Å². The molecule has 0 saturated carbocycles. The molecule has 0 aliphatic carbocycles. The van der Waals surface area contributed by atoms with Crippen molar-refractivity contribution in [3.63, 3.8) is 0 Å². The first-order chi connectivity index (χ1) is 17.4. The lowest BCUT2D eigenvalue weighted by Crippen LogP contribution is -2.31. The van der Waals surface area contributed by atoms with Crippen molar-refractivity contribution in [1.82, 2.24) is 9.78 Å². The highest BCUT2D eigenvalue weighted by Crippen LogP contribution is 2.38. The third kappa shape index (κ3) is 5.08. The lowest BCUT2D eigenvalue weighted by atomic mass is 10.0. The Balaban J connectivity index is 2.03.